The Morgan fingerprint density at radius 2 is 1.72 bits per heavy atom. The number of fused-ring (bicyclic) bond motifs is 3. The van der Waals surface area contributed by atoms with Gasteiger partial charge in [-0.25, -0.2) is 0 Å². The number of carbonyl (C=O) groups excluding carboxylic acids is 4. The standard InChI is InChI=1S/C26H32N4O9/c1-9-13-10(28-12(32)8-29(2)3)6-7-11(31)15(13)20(33)16-14(9)21(34)18-19(30(4)5)22(35)17(25(27)38)24(37)26(18,39)23(16)36/h6-7,9,14,18-19,21,31,33-34,37,39H,8H2,1-5H3,(H2,27,38)(H,28,32)/t9-,14+,18-,19-,21-,26-/m1/s1. The Balaban J connectivity index is 1.99. The van der Waals surface area contributed by atoms with E-state index >= 15 is 0 Å². The number of aromatic hydroxyl groups is 1. The number of nitrogens with two attached hydrogens (primary N) is 1. The molecular weight excluding hydrogens is 512 g/mol. The van der Waals surface area contributed by atoms with Crippen LogP contribution in [0.4, 0.5) is 5.69 Å². The predicted molar refractivity (Wildman–Crippen MR) is 138 cm³/mol. The molecule has 13 nitrogen and oxygen atoms in total. The Bertz CT molecular complexity index is 1370. The van der Waals surface area contributed by atoms with Crippen molar-refractivity contribution in [3.8, 4) is 5.75 Å². The number of aliphatic hydroxyl groups excluding tert-OH is 3. The van der Waals surface area contributed by atoms with Gasteiger partial charge in [-0.05, 0) is 51.8 Å². The number of rotatable bonds is 5. The molecule has 0 spiro atoms. The number of phenols is 1. The highest BCUT2D eigenvalue weighted by molar-refractivity contribution is 6.24. The van der Waals surface area contributed by atoms with Crippen LogP contribution in [-0.4, -0.2) is 111 Å². The molecule has 8 N–H and O–H groups in total. The van der Waals surface area contributed by atoms with E-state index in [1.807, 2.05) is 0 Å². The highest BCUT2D eigenvalue weighted by Gasteiger charge is 2.68. The van der Waals surface area contributed by atoms with E-state index in [1.165, 1.54) is 31.1 Å². The third-order valence-electron chi connectivity index (χ3n) is 7.84. The Morgan fingerprint density at radius 1 is 1.10 bits per heavy atom. The van der Waals surface area contributed by atoms with Crippen LogP contribution < -0.4 is 11.1 Å². The number of ketones is 2. The molecule has 0 unspecified atom stereocenters. The van der Waals surface area contributed by atoms with Gasteiger partial charge in [0, 0.05) is 17.2 Å². The first-order chi connectivity index (χ1) is 18.1. The molecule has 0 heterocycles. The first-order valence-electron chi connectivity index (χ1n) is 12.2. The van der Waals surface area contributed by atoms with Gasteiger partial charge in [0.1, 0.15) is 22.8 Å². The molecule has 3 aliphatic rings. The number of anilines is 1. The lowest BCUT2D eigenvalue weighted by Crippen LogP contribution is -2.70. The summed E-state index contributed by atoms with van der Waals surface area (Å²) in [5, 5.41) is 59.0. The summed E-state index contributed by atoms with van der Waals surface area (Å²) in [6, 6.07) is 1.18. The van der Waals surface area contributed by atoms with Crippen LogP contribution in [0.15, 0.2) is 29.0 Å². The molecular formula is C26H32N4O9. The highest BCUT2D eigenvalue weighted by Crippen LogP contribution is 2.57. The largest absolute Gasteiger partial charge is 0.508 e. The van der Waals surface area contributed by atoms with Gasteiger partial charge in [-0.3, -0.25) is 24.1 Å². The minimum Gasteiger partial charge on any atom is -0.508 e. The fourth-order valence-electron chi connectivity index (χ4n) is 6.28. The molecule has 0 aliphatic heterocycles. The van der Waals surface area contributed by atoms with Crippen molar-refractivity contribution >= 4 is 34.8 Å². The van der Waals surface area contributed by atoms with Crippen molar-refractivity contribution in [3.05, 3.63) is 40.2 Å². The number of likely N-dealkylation sites (N-methyl/N-ethyl adjacent to an activating group) is 2. The third-order valence-corrected chi connectivity index (χ3v) is 7.84. The van der Waals surface area contributed by atoms with Crippen LogP contribution in [0.3, 0.4) is 0 Å². The summed E-state index contributed by atoms with van der Waals surface area (Å²) in [6.07, 6.45) is -1.73. The summed E-state index contributed by atoms with van der Waals surface area (Å²) >= 11 is 0. The maximum absolute atomic E-state index is 14.0. The summed E-state index contributed by atoms with van der Waals surface area (Å²) in [5.74, 6) is -10.3. The van der Waals surface area contributed by atoms with Crippen LogP contribution in [-0.2, 0) is 19.2 Å². The lowest BCUT2D eigenvalue weighted by Gasteiger charge is -2.53. The Morgan fingerprint density at radius 3 is 2.26 bits per heavy atom. The van der Waals surface area contributed by atoms with Gasteiger partial charge in [0.05, 0.1) is 30.2 Å². The topological polar surface area (TPSA) is 214 Å². The van der Waals surface area contributed by atoms with E-state index in [0.29, 0.717) is 0 Å². The van der Waals surface area contributed by atoms with Gasteiger partial charge < -0.3 is 41.5 Å². The lowest BCUT2D eigenvalue weighted by atomic mass is 9.54. The minimum absolute atomic E-state index is 0.0250. The number of nitrogens with zero attached hydrogens (tertiary/aromatic N) is 2. The molecule has 210 valence electrons. The highest BCUT2D eigenvalue weighted by atomic mass is 16.4. The molecule has 0 saturated heterocycles. The normalized spacial score (nSPS) is 30.3. The van der Waals surface area contributed by atoms with Gasteiger partial charge in [-0.15, -0.1) is 0 Å². The predicted octanol–water partition coefficient (Wildman–Crippen LogP) is -1.00. The quantitative estimate of drug-likeness (QED) is 0.176. The van der Waals surface area contributed by atoms with Crippen molar-refractivity contribution in [2.75, 3.05) is 40.1 Å². The minimum atomic E-state index is -2.99. The zero-order valence-electron chi connectivity index (χ0n) is 22.1. The van der Waals surface area contributed by atoms with Crippen molar-refractivity contribution in [1.29, 1.82) is 0 Å². The molecule has 4 rings (SSSR count). The van der Waals surface area contributed by atoms with Gasteiger partial charge >= 0.3 is 0 Å². The second-order valence-electron chi connectivity index (χ2n) is 10.8. The third kappa shape index (κ3) is 3.92. The summed E-state index contributed by atoms with van der Waals surface area (Å²) < 4.78 is 0. The molecule has 0 radical (unpaired) electrons. The average molecular weight is 545 g/mol. The Kier molecular flexibility index (Phi) is 6.84. The van der Waals surface area contributed by atoms with Gasteiger partial charge in [0.25, 0.3) is 5.91 Å². The first kappa shape index (κ1) is 28.2. The number of amides is 2. The van der Waals surface area contributed by atoms with Crippen LogP contribution in [0.25, 0.3) is 5.76 Å². The van der Waals surface area contributed by atoms with Gasteiger partial charge in [0.2, 0.25) is 11.7 Å². The Labute approximate surface area is 223 Å². The smallest absolute Gasteiger partial charge is 0.255 e. The molecule has 1 saturated carbocycles. The second kappa shape index (κ2) is 9.45. The van der Waals surface area contributed by atoms with Crippen molar-refractivity contribution in [2.24, 2.45) is 17.6 Å². The number of benzene rings is 1. The van der Waals surface area contributed by atoms with E-state index in [1.54, 1.807) is 25.9 Å². The zero-order valence-corrected chi connectivity index (χ0v) is 22.1. The number of phenolic OH excluding ortho intramolecular Hbond substituents is 1. The molecule has 6 atom stereocenters. The number of carbonyl (C=O) groups is 4. The van der Waals surface area contributed by atoms with Crippen molar-refractivity contribution < 1.29 is 44.7 Å². The fraction of sp³-hybridized carbons (Fsp3) is 0.462. The molecule has 3 aliphatic carbocycles. The second-order valence-corrected chi connectivity index (χ2v) is 10.8. The van der Waals surface area contributed by atoms with Gasteiger partial charge in [-0.2, -0.15) is 0 Å². The van der Waals surface area contributed by atoms with E-state index < -0.39 is 87.3 Å². The first-order valence-corrected chi connectivity index (χ1v) is 12.2. The van der Waals surface area contributed by atoms with E-state index in [2.05, 4.69) is 5.32 Å². The van der Waals surface area contributed by atoms with Crippen molar-refractivity contribution in [3.63, 3.8) is 0 Å². The molecule has 13 heteroatoms. The van der Waals surface area contributed by atoms with E-state index in [0.717, 1.165) is 0 Å². The van der Waals surface area contributed by atoms with Crippen LogP contribution >= 0.6 is 0 Å². The van der Waals surface area contributed by atoms with Crippen LogP contribution in [0.1, 0.15) is 24.0 Å². The molecule has 1 aromatic rings. The maximum atomic E-state index is 14.0. The summed E-state index contributed by atoms with van der Waals surface area (Å²) in [5.41, 5.74) is 1.08. The molecule has 1 fully saturated rings. The summed E-state index contributed by atoms with van der Waals surface area (Å²) in [7, 11) is 6.25. The lowest BCUT2D eigenvalue weighted by molar-refractivity contribution is -0.169. The number of Topliss-reactive ketones (excluding diaryl/α,β-unsaturated/α-hetero) is 2. The molecule has 2 amide bonds. The Hall–Kier alpha value is -3.78. The van der Waals surface area contributed by atoms with E-state index in [-0.39, 0.29) is 23.4 Å². The van der Waals surface area contributed by atoms with E-state index in [9.17, 15) is 44.7 Å². The average Bonchev–Trinajstić information content (AvgIpc) is 2.81. The molecule has 0 aromatic heterocycles. The number of aliphatic hydroxyl groups is 4. The van der Waals surface area contributed by atoms with Crippen molar-refractivity contribution in [1.82, 2.24) is 9.80 Å². The fourth-order valence-corrected chi connectivity index (χ4v) is 6.28. The molecule has 1 aromatic carbocycles. The van der Waals surface area contributed by atoms with Gasteiger partial charge in [0.15, 0.2) is 11.4 Å². The monoisotopic (exact) mass is 544 g/mol. The SMILES string of the molecule is C[C@@H]1c2c(NC(=O)CN(C)C)ccc(O)c2C(O)=C2C(=O)[C@@]3(O)C(O)=C(C(N)=O)C(=O)[C@H](N(C)C)[C@@H]3[C@H](O)[C@H]21. The number of nitrogens with one attached hydrogen (secondary N) is 1. The molecule has 39 heavy (non-hydrogen) atoms. The summed E-state index contributed by atoms with van der Waals surface area (Å²) in [6.45, 7) is 1.62. The number of hydrogen-bond donors (Lipinski definition) is 7. The zero-order chi connectivity index (χ0) is 29.3. The number of hydrogen-bond acceptors (Lipinski definition) is 11. The van der Waals surface area contributed by atoms with Crippen molar-refractivity contribution in [2.45, 2.75) is 30.6 Å². The maximum Gasteiger partial charge on any atom is 0.255 e. The van der Waals surface area contributed by atoms with Crippen LogP contribution in [0.5, 0.6) is 5.75 Å². The van der Waals surface area contributed by atoms with E-state index in [4.69, 9.17) is 5.73 Å². The van der Waals surface area contributed by atoms with Crippen LogP contribution in [0, 0.1) is 11.8 Å². The number of primary amides is 1. The van der Waals surface area contributed by atoms with Crippen LogP contribution in [0.2, 0.25) is 0 Å². The van der Waals surface area contributed by atoms with Gasteiger partial charge in [-0.1, -0.05) is 6.92 Å². The summed E-state index contributed by atoms with van der Waals surface area (Å²) in [4.78, 5) is 54.8. The molecule has 0 bridgehead atoms.